The lowest BCUT2D eigenvalue weighted by atomic mass is 9.94. The first-order chi connectivity index (χ1) is 11.3. The Bertz CT molecular complexity index is 763. The highest BCUT2D eigenvalue weighted by atomic mass is 16.5. The van der Waals surface area contributed by atoms with Crippen LogP contribution in [0.15, 0.2) is 24.3 Å². The molecule has 2 N–H and O–H groups in total. The Kier molecular flexibility index (Phi) is 5.50. The van der Waals surface area contributed by atoms with Crippen molar-refractivity contribution in [2.75, 3.05) is 7.11 Å². The Morgan fingerprint density at radius 2 is 1.62 bits per heavy atom. The second-order valence-electron chi connectivity index (χ2n) is 6.14. The topological polar surface area (TPSA) is 66.8 Å². The van der Waals surface area contributed by atoms with Crippen LogP contribution in [0.5, 0.6) is 11.5 Å². The van der Waals surface area contributed by atoms with Crippen molar-refractivity contribution < 1.29 is 19.7 Å². The second kappa shape index (κ2) is 7.39. The van der Waals surface area contributed by atoms with Crippen molar-refractivity contribution in [3.63, 3.8) is 0 Å². The van der Waals surface area contributed by atoms with Crippen LogP contribution in [0.2, 0.25) is 0 Å². The summed E-state index contributed by atoms with van der Waals surface area (Å²) in [5, 5.41) is 20.8. The van der Waals surface area contributed by atoms with Crippen LogP contribution in [0.1, 0.15) is 40.3 Å². The Hall–Kier alpha value is -2.49. The molecule has 24 heavy (non-hydrogen) atoms. The third-order valence-corrected chi connectivity index (χ3v) is 4.19. The van der Waals surface area contributed by atoms with Crippen LogP contribution in [-0.4, -0.2) is 23.3 Å². The maximum atomic E-state index is 11.5. The average Bonchev–Trinajstić information content (AvgIpc) is 2.54. The number of esters is 1. The zero-order valence-electron chi connectivity index (χ0n) is 14.6. The van der Waals surface area contributed by atoms with E-state index in [-0.39, 0.29) is 23.9 Å². The maximum absolute atomic E-state index is 11.5. The van der Waals surface area contributed by atoms with E-state index in [4.69, 9.17) is 4.74 Å². The standard InChI is InChI=1S/C20H24O4/c1-5-15-6-12(2)7-16(20(15)23)11-17-9-14(10-18(21)24-4)8-13(3)19(17)22/h6-9,22-23H,5,10-11H2,1-4H3. The summed E-state index contributed by atoms with van der Waals surface area (Å²) in [4.78, 5) is 11.5. The monoisotopic (exact) mass is 328 g/mol. The Morgan fingerprint density at radius 3 is 2.25 bits per heavy atom. The van der Waals surface area contributed by atoms with Gasteiger partial charge in [-0.2, -0.15) is 0 Å². The highest BCUT2D eigenvalue weighted by Gasteiger charge is 2.14. The number of carbonyl (C=O) groups excluding carboxylic acids is 1. The molecule has 0 saturated heterocycles. The van der Waals surface area contributed by atoms with Gasteiger partial charge < -0.3 is 14.9 Å². The average molecular weight is 328 g/mol. The van der Waals surface area contributed by atoms with E-state index in [2.05, 4.69) is 0 Å². The highest BCUT2D eigenvalue weighted by Crippen LogP contribution is 2.32. The summed E-state index contributed by atoms with van der Waals surface area (Å²) >= 11 is 0. The van der Waals surface area contributed by atoms with E-state index >= 15 is 0 Å². The molecule has 0 amide bonds. The normalized spacial score (nSPS) is 10.7. The van der Waals surface area contributed by atoms with Crippen molar-refractivity contribution in [3.05, 3.63) is 57.6 Å². The van der Waals surface area contributed by atoms with E-state index in [0.717, 1.165) is 28.7 Å². The van der Waals surface area contributed by atoms with Gasteiger partial charge >= 0.3 is 5.97 Å². The molecule has 2 aromatic carbocycles. The number of aryl methyl sites for hydroxylation is 3. The van der Waals surface area contributed by atoms with Gasteiger partial charge in [-0.25, -0.2) is 0 Å². The zero-order valence-corrected chi connectivity index (χ0v) is 14.6. The molecule has 128 valence electrons. The lowest BCUT2D eigenvalue weighted by Crippen LogP contribution is -2.05. The molecule has 0 heterocycles. The van der Waals surface area contributed by atoms with Gasteiger partial charge in [-0.1, -0.05) is 36.8 Å². The Labute approximate surface area is 142 Å². The molecule has 0 aliphatic heterocycles. The number of carbonyl (C=O) groups is 1. The van der Waals surface area contributed by atoms with Crippen molar-refractivity contribution >= 4 is 5.97 Å². The molecule has 0 aliphatic rings. The van der Waals surface area contributed by atoms with Crippen LogP contribution < -0.4 is 0 Å². The fourth-order valence-corrected chi connectivity index (χ4v) is 2.95. The molecule has 2 rings (SSSR count). The van der Waals surface area contributed by atoms with Crippen LogP contribution >= 0.6 is 0 Å². The van der Waals surface area contributed by atoms with Gasteiger partial charge in [-0.15, -0.1) is 0 Å². The van der Waals surface area contributed by atoms with E-state index < -0.39 is 0 Å². The molecule has 0 atom stereocenters. The first-order valence-corrected chi connectivity index (χ1v) is 8.05. The van der Waals surface area contributed by atoms with Crippen molar-refractivity contribution in [1.82, 2.24) is 0 Å². The summed E-state index contributed by atoms with van der Waals surface area (Å²) in [5.41, 5.74) is 4.92. The Morgan fingerprint density at radius 1 is 1.00 bits per heavy atom. The van der Waals surface area contributed by atoms with Gasteiger partial charge in [0.15, 0.2) is 0 Å². The third-order valence-electron chi connectivity index (χ3n) is 4.19. The predicted octanol–water partition coefficient (Wildman–Crippen LogP) is 3.58. The molecule has 0 aliphatic carbocycles. The third kappa shape index (κ3) is 3.88. The Balaban J connectivity index is 2.42. The van der Waals surface area contributed by atoms with Crippen molar-refractivity contribution in [3.8, 4) is 11.5 Å². The van der Waals surface area contributed by atoms with Crippen LogP contribution in [-0.2, 0) is 28.8 Å². The van der Waals surface area contributed by atoms with E-state index in [1.165, 1.54) is 7.11 Å². The molecule has 0 unspecified atom stereocenters. The van der Waals surface area contributed by atoms with Gasteiger partial charge in [0.05, 0.1) is 13.5 Å². The molecule has 2 aromatic rings. The van der Waals surface area contributed by atoms with Gasteiger partial charge in [0, 0.05) is 6.42 Å². The fourth-order valence-electron chi connectivity index (χ4n) is 2.95. The zero-order chi connectivity index (χ0) is 17.9. The van der Waals surface area contributed by atoms with E-state index in [9.17, 15) is 15.0 Å². The van der Waals surface area contributed by atoms with Gasteiger partial charge in [-0.3, -0.25) is 4.79 Å². The first-order valence-electron chi connectivity index (χ1n) is 8.05. The molecule has 0 saturated carbocycles. The van der Waals surface area contributed by atoms with E-state index in [1.54, 1.807) is 19.1 Å². The van der Waals surface area contributed by atoms with Crippen molar-refractivity contribution in [2.24, 2.45) is 0 Å². The van der Waals surface area contributed by atoms with E-state index in [1.807, 2.05) is 26.0 Å². The number of aromatic hydroxyl groups is 2. The molecule has 4 nitrogen and oxygen atoms in total. The predicted molar refractivity (Wildman–Crippen MR) is 93.6 cm³/mol. The summed E-state index contributed by atoms with van der Waals surface area (Å²) in [5.74, 6) is 0.152. The number of phenols is 2. The summed E-state index contributed by atoms with van der Waals surface area (Å²) < 4.78 is 4.71. The molecule has 4 heteroatoms. The largest absolute Gasteiger partial charge is 0.507 e. The molecule has 0 radical (unpaired) electrons. The van der Waals surface area contributed by atoms with Gasteiger partial charge in [0.1, 0.15) is 11.5 Å². The summed E-state index contributed by atoms with van der Waals surface area (Å²) in [6.07, 6.45) is 1.31. The number of methoxy groups -OCH3 is 1. The molecular formula is C20H24O4. The molecule has 0 bridgehead atoms. The van der Waals surface area contributed by atoms with Crippen LogP contribution in [0.3, 0.4) is 0 Å². The van der Waals surface area contributed by atoms with Gasteiger partial charge in [0.25, 0.3) is 0 Å². The highest BCUT2D eigenvalue weighted by molar-refractivity contribution is 5.72. The van der Waals surface area contributed by atoms with Gasteiger partial charge in [-0.05, 0) is 48.1 Å². The molecular weight excluding hydrogens is 304 g/mol. The number of hydrogen-bond donors (Lipinski definition) is 2. The molecule has 0 fully saturated rings. The number of hydrogen-bond acceptors (Lipinski definition) is 4. The SMILES string of the molecule is CCc1cc(C)cc(Cc2cc(CC(=O)OC)cc(C)c2O)c1O. The summed E-state index contributed by atoms with van der Waals surface area (Å²) in [7, 11) is 1.35. The quantitative estimate of drug-likeness (QED) is 0.823. The number of phenolic OH excluding ortho intramolecular Hbond substituents is 2. The lowest BCUT2D eigenvalue weighted by Gasteiger charge is -2.14. The first kappa shape index (κ1) is 17.9. The van der Waals surface area contributed by atoms with E-state index in [0.29, 0.717) is 17.5 Å². The number of rotatable bonds is 5. The molecule has 0 spiro atoms. The maximum Gasteiger partial charge on any atom is 0.309 e. The summed E-state index contributed by atoms with van der Waals surface area (Å²) in [6, 6.07) is 7.48. The van der Waals surface area contributed by atoms with Crippen LogP contribution in [0, 0.1) is 13.8 Å². The second-order valence-corrected chi connectivity index (χ2v) is 6.14. The minimum absolute atomic E-state index is 0.157. The lowest BCUT2D eigenvalue weighted by molar-refractivity contribution is -0.139. The fraction of sp³-hybridized carbons (Fsp3) is 0.350. The van der Waals surface area contributed by atoms with Gasteiger partial charge in [0.2, 0.25) is 0 Å². The minimum atomic E-state index is -0.322. The smallest absolute Gasteiger partial charge is 0.309 e. The van der Waals surface area contributed by atoms with Crippen LogP contribution in [0.25, 0.3) is 0 Å². The van der Waals surface area contributed by atoms with Crippen molar-refractivity contribution in [2.45, 2.75) is 40.0 Å². The van der Waals surface area contributed by atoms with Crippen molar-refractivity contribution in [1.29, 1.82) is 0 Å². The minimum Gasteiger partial charge on any atom is -0.507 e. The number of benzene rings is 2. The molecule has 0 aromatic heterocycles. The number of ether oxygens (including phenoxy) is 1. The van der Waals surface area contributed by atoms with Crippen LogP contribution in [0.4, 0.5) is 0 Å². The summed E-state index contributed by atoms with van der Waals surface area (Å²) in [6.45, 7) is 5.78.